The molecule has 0 aliphatic heterocycles. The first-order valence-corrected chi connectivity index (χ1v) is 6.43. The van der Waals surface area contributed by atoms with E-state index < -0.39 is 0 Å². The fraction of sp³-hybridized carbons (Fsp3) is 0.214. The number of nitrogens with zero attached hydrogens (tertiary/aromatic N) is 1. The lowest BCUT2D eigenvalue weighted by Gasteiger charge is -2.17. The third-order valence-electron chi connectivity index (χ3n) is 2.73. The molecule has 2 aromatic rings. The summed E-state index contributed by atoms with van der Waals surface area (Å²) < 4.78 is 5.49. The third kappa shape index (κ3) is 3.23. The molecule has 1 heterocycles. The van der Waals surface area contributed by atoms with Gasteiger partial charge in [-0.2, -0.15) is 0 Å². The molecule has 19 heavy (non-hydrogen) atoms. The molecule has 0 aliphatic rings. The van der Waals surface area contributed by atoms with Crippen LogP contribution < -0.4 is 16.0 Å². The predicted molar refractivity (Wildman–Crippen MR) is 76.0 cm³/mol. The number of benzene rings is 1. The highest BCUT2D eigenvalue weighted by Crippen LogP contribution is 2.27. The van der Waals surface area contributed by atoms with Crippen molar-refractivity contribution in [1.82, 2.24) is 10.4 Å². The predicted octanol–water partition coefficient (Wildman–Crippen LogP) is 2.69. The molecule has 1 aromatic carbocycles. The van der Waals surface area contributed by atoms with Crippen molar-refractivity contribution < 1.29 is 4.74 Å². The summed E-state index contributed by atoms with van der Waals surface area (Å²) in [4.78, 5) is 4.29. The van der Waals surface area contributed by atoms with E-state index in [1.807, 2.05) is 31.2 Å². The van der Waals surface area contributed by atoms with E-state index in [1.165, 1.54) is 0 Å². The second kappa shape index (κ2) is 6.52. The van der Waals surface area contributed by atoms with E-state index in [9.17, 15) is 0 Å². The normalized spacial score (nSPS) is 12.2. The molecule has 4 nitrogen and oxygen atoms in total. The fourth-order valence-corrected chi connectivity index (χ4v) is 2.12. The summed E-state index contributed by atoms with van der Waals surface area (Å²) in [5, 5.41) is 0.576. The number of nitrogens with one attached hydrogen (secondary N) is 1. The summed E-state index contributed by atoms with van der Waals surface area (Å²) in [7, 11) is 0. The number of nitrogens with two attached hydrogens (primary N) is 1. The summed E-state index contributed by atoms with van der Waals surface area (Å²) in [6.07, 6.45) is 1.69. The van der Waals surface area contributed by atoms with Crippen LogP contribution in [0.2, 0.25) is 5.02 Å². The Morgan fingerprint density at radius 3 is 2.89 bits per heavy atom. The lowest BCUT2D eigenvalue weighted by atomic mass is 10.0. The van der Waals surface area contributed by atoms with Gasteiger partial charge < -0.3 is 4.74 Å². The number of pyridine rings is 1. The van der Waals surface area contributed by atoms with Crippen molar-refractivity contribution in [2.75, 3.05) is 6.61 Å². The third-order valence-corrected chi connectivity index (χ3v) is 3.05. The van der Waals surface area contributed by atoms with E-state index >= 15 is 0 Å². The van der Waals surface area contributed by atoms with Crippen LogP contribution in [0.25, 0.3) is 0 Å². The van der Waals surface area contributed by atoms with E-state index in [0.29, 0.717) is 17.3 Å². The smallest absolute Gasteiger partial charge is 0.119 e. The van der Waals surface area contributed by atoms with E-state index in [-0.39, 0.29) is 6.04 Å². The molecule has 1 atom stereocenters. The molecule has 0 spiro atoms. The van der Waals surface area contributed by atoms with E-state index in [4.69, 9.17) is 22.2 Å². The van der Waals surface area contributed by atoms with E-state index in [1.54, 1.807) is 18.3 Å². The van der Waals surface area contributed by atoms with Gasteiger partial charge in [0.1, 0.15) is 5.75 Å². The number of hydrogen-bond acceptors (Lipinski definition) is 4. The first-order valence-electron chi connectivity index (χ1n) is 6.05. The van der Waals surface area contributed by atoms with Crippen molar-refractivity contribution in [2.24, 2.45) is 5.84 Å². The van der Waals surface area contributed by atoms with Crippen LogP contribution in [0.5, 0.6) is 5.75 Å². The van der Waals surface area contributed by atoms with Crippen molar-refractivity contribution >= 4 is 11.6 Å². The Hall–Kier alpha value is -1.62. The minimum Gasteiger partial charge on any atom is -0.494 e. The van der Waals surface area contributed by atoms with Gasteiger partial charge in [-0.1, -0.05) is 23.7 Å². The standard InChI is InChI=1S/C14H16ClN3O/c1-2-19-11-6-3-5-10(9-11)13(18-16)14-12(15)7-4-8-17-14/h3-9,13,18H,2,16H2,1H3. The molecule has 1 unspecified atom stereocenters. The van der Waals surface area contributed by atoms with E-state index in [2.05, 4.69) is 10.4 Å². The van der Waals surface area contributed by atoms with Crippen molar-refractivity contribution in [3.63, 3.8) is 0 Å². The quantitative estimate of drug-likeness (QED) is 0.652. The lowest BCUT2D eigenvalue weighted by Crippen LogP contribution is -2.29. The molecule has 0 saturated heterocycles. The average molecular weight is 278 g/mol. The monoisotopic (exact) mass is 277 g/mol. The molecule has 2 rings (SSSR count). The van der Waals surface area contributed by atoms with Crippen molar-refractivity contribution in [3.8, 4) is 5.75 Å². The first-order chi connectivity index (χ1) is 9.26. The molecule has 3 N–H and O–H groups in total. The minimum atomic E-state index is -0.269. The number of halogens is 1. The van der Waals surface area contributed by atoms with Crippen molar-refractivity contribution in [3.05, 3.63) is 58.9 Å². The molecular weight excluding hydrogens is 262 g/mol. The van der Waals surface area contributed by atoms with Gasteiger partial charge in [-0.15, -0.1) is 0 Å². The average Bonchev–Trinajstić information content (AvgIpc) is 2.43. The van der Waals surface area contributed by atoms with Gasteiger partial charge in [-0.25, -0.2) is 5.43 Å². The molecule has 0 fully saturated rings. The van der Waals surface area contributed by atoms with Gasteiger partial charge in [0.2, 0.25) is 0 Å². The Morgan fingerprint density at radius 1 is 1.37 bits per heavy atom. The maximum Gasteiger partial charge on any atom is 0.119 e. The highest BCUT2D eigenvalue weighted by molar-refractivity contribution is 6.31. The number of hydrazine groups is 1. The van der Waals surface area contributed by atoms with Crippen LogP contribution in [0.4, 0.5) is 0 Å². The van der Waals surface area contributed by atoms with Gasteiger partial charge >= 0.3 is 0 Å². The summed E-state index contributed by atoms with van der Waals surface area (Å²) in [6.45, 7) is 2.56. The van der Waals surface area contributed by atoms with Crippen LogP contribution >= 0.6 is 11.6 Å². The summed E-state index contributed by atoms with van der Waals surface area (Å²) >= 11 is 6.16. The lowest BCUT2D eigenvalue weighted by molar-refractivity contribution is 0.339. The van der Waals surface area contributed by atoms with Gasteiger partial charge in [0, 0.05) is 6.20 Å². The zero-order valence-corrected chi connectivity index (χ0v) is 11.4. The topological polar surface area (TPSA) is 60.2 Å². The Bertz CT molecular complexity index is 548. The van der Waals surface area contributed by atoms with Crippen LogP contribution in [0.1, 0.15) is 24.2 Å². The second-order valence-corrected chi connectivity index (χ2v) is 4.38. The Kier molecular flexibility index (Phi) is 4.74. The molecule has 0 bridgehead atoms. The second-order valence-electron chi connectivity index (χ2n) is 3.98. The zero-order chi connectivity index (χ0) is 13.7. The van der Waals surface area contributed by atoms with Crippen LogP contribution in [0.15, 0.2) is 42.6 Å². The Balaban J connectivity index is 2.37. The Labute approximate surface area is 117 Å². The minimum absolute atomic E-state index is 0.269. The molecule has 0 saturated carbocycles. The van der Waals surface area contributed by atoms with Gasteiger partial charge in [-0.3, -0.25) is 10.8 Å². The number of hydrogen-bond donors (Lipinski definition) is 2. The number of ether oxygens (including phenoxy) is 1. The molecule has 1 aromatic heterocycles. The highest BCUT2D eigenvalue weighted by Gasteiger charge is 2.17. The SMILES string of the molecule is CCOc1cccc(C(NN)c2ncccc2Cl)c1. The molecular formula is C14H16ClN3O. The first kappa shape index (κ1) is 13.8. The maximum absolute atomic E-state index is 6.16. The van der Waals surface area contributed by atoms with Crippen LogP contribution in [-0.2, 0) is 0 Å². The van der Waals surface area contributed by atoms with Gasteiger partial charge in [-0.05, 0) is 36.8 Å². The molecule has 5 heteroatoms. The summed E-state index contributed by atoms with van der Waals surface area (Å²) in [5.41, 5.74) is 4.39. The fourth-order valence-electron chi connectivity index (χ4n) is 1.89. The number of rotatable bonds is 5. The maximum atomic E-state index is 6.16. The van der Waals surface area contributed by atoms with Crippen molar-refractivity contribution in [2.45, 2.75) is 13.0 Å². The molecule has 0 radical (unpaired) electrons. The van der Waals surface area contributed by atoms with E-state index in [0.717, 1.165) is 11.3 Å². The van der Waals surface area contributed by atoms with Gasteiger partial charge in [0.25, 0.3) is 0 Å². The van der Waals surface area contributed by atoms with Crippen LogP contribution in [0, 0.1) is 0 Å². The molecule has 100 valence electrons. The summed E-state index contributed by atoms with van der Waals surface area (Å²) in [5.74, 6) is 6.44. The number of aromatic nitrogens is 1. The van der Waals surface area contributed by atoms with Crippen LogP contribution in [0.3, 0.4) is 0 Å². The van der Waals surface area contributed by atoms with Gasteiger partial charge in [0.05, 0.1) is 23.4 Å². The van der Waals surface area contributed by atoms with Crippen LogP contribution in [-0.4, -0.2) is 11.6 Å². The van der Waals surface area contributed by atoms with Gasteiger partial charge in [0.15, 0.2) is 0 Å². The molecule has 0 aliphatic carbocycles. The zero-order valence-electron chi connectivity index (χ0n) is 10.6. The highest BCUT2D eigenvalue weighted by atomic mass is 35.5. The molecule has 0 amide bonds. The largest absolute Gasteiger partial charge is 0.494 e. The summed E-state index contributed by atoms with van der Waals surface area (Å²) in [6, 6.07) is 11.0. The van der Waals surface area contributed by atoms with Crippen molar-refractivity contribution in [1.29, 1.82) is 0 Å². The Morgan fingerprint density at radius 2 is 2.21 bits per heavy atom.